The third-order valence-electron chi connectivity index (χ3n) is 3.23. The number of nitrogens with one attached hydrogen (secondary N) is 1. The predicted octanol–water partition coefficient (Wildman–Crippen LogP) is -0.186. The van der Waals surface area contributed by atoms with E-state index >= 15 is 0 Å². The molecule has 1 aliphatic carbocycles. The summed E-state index contributed by atoms with van der Waals surface area (Å²) in [5.41, 5.74) is 0. The molecule has 2 fully saturated rings. The van der Waals surface area contributed by atoms with Crippen LogP contribution < -0.4 is 5.32 Å². The van der Waals surface area contributed by atoms with Crippen molar-refractivity contribution < 1.29 is 14.7 Å². The van der Waals surface area contributed by atoms with E-state index in [0.29, 0.717) is 0 Å². The zero-order valence-corrected chi connectivity index (χ0v) is 8.61. The fraction of sp³-hybridized carbons (Fsp3) is 0.800. The smallest absolute Gasteiger partial charge is 0.317 e. The highest BCUT2D eigenvalue weighted by Gasteiger charge is 2.36. The Hall–Kier alpha value is -1.10. The van der Waals surface area contributed by atoms with Gasteiger partial charge in [0.2, 0.25) is 5.91 Å². The van der Waals surface area contributed by atoms with Crippen LogP contribution in [-0.2, 0) is 9.59 Å². The molecule has 0 aromatic rings. The van der Waals surface area contributed by atoms with Crippen LogP contribution in [0.2, 0.25) is 0 Å². The van der Waals surface area contributed by atoms with Crippen LogP contribution in [0.15, 0.2) is 0 Å². The van der Waals surface area contributed by atoms with E-state index in [4.69, 9.17) is 5.11 Å². The van der Waals surface area contributed by atoms with Crippen LogP contribution in [-0.4, -0.2) is 47.1 Å². The van der Waals surface area contributed by atoms with Gasteiger partial charge in [-0.15, -0.1) is 0 Å². The molecule has 0 radical (unpaired) electrons. The minimum Gasteiger partial charge on any atom is -0.480 e. The lowest BCUT2D eigenvalue weighted by molar-refractivity contribution is -0.141. The second kappa shape index (κ2) is 4.18. The van der Waals surface area contributed by atoms with Gasteiger partial charge in [0, 0.05) is 12.1 Å². The Balaban J connectivity index is 2.06. The van der Waals surface area contributed by atoms with Crippen molar-refractivity contribution in [3.05, 3.63) is 0 Å². The van der Waals surface area contributed by atoms with Crippen LogP contribution in [0.4, 0.5) is 0 Å². The monoisotopic (exact) mass is 212 g/mol. The zero-order valence-electron chi connectivity index (χ0n) is 8.61. The van der Waals surface area contributed by atoms with E-state index in [2.05, 4.69) is 5.32 Å². The standard InChI is InChI=1S/C10H16N2O3/c13-9-5-12(6-10(14)15)8-4-2-1-3-7(8)11-9/h7-8H,1-6H2,(H,11,13)(H,14,15)/t7-,8-/m1/s1. The average Bonchev–Trinajstić information content (AvgIpc) is 2.16. The lowest BCUT2D eigenvalue weighted by Crippen LogP contribution is -2.62. The molecule has 1 aliphatic heterocycles. The number of amides is 1. The number of carboxylic acid groups (broad SMARTS) is 1. The van der Waals surface area contributed by atoms with Crippen LogP contribution in [0.25, 0.3) is 0 Å². The Morgan fingerprint density at radius 1 is 1.47 bits per heavy atom. The molecule has 2 atom stereocenters. The summed E-state index contributed by atoms with van der Waals surface area (Å²) < 4.78 is 0. The van der Waals surface area contributed by atoms with E-state index in [1.165, 1.54) is 0 Å². The van der Waals surface area contributed by atoms with Gasteiger partial charge in [0.05, 0.1) is 13.1 Å². The van der Waals surface area contributed by atoms with Gasteiger partial charge < -0.3 is 10.4 Å². The van der Waals surface area contributed by atoms with Gasteiger partial charge in [0.1, 0.15) is 0 Å². The normalized spacial score (nSPS) is 31.9. The Bertz CT molecular complexity index is 278. The maximum atomic E-state index is 11.4. The fourth-order valence-electron chi connectivity index (χ4n) is 2.62. The first-order valence-corrected chi connectivity index (χ1v) is 5.42. The summed E-state index contributed by atoms with van der Waals surface area (Å²) in [7, 11) is 0. The predicted molar refractivity (Wildman–Crippen MR) is 53.4 cm³/mol. The number of carbonyl (C=O) groups excluding carboxylic acids is 1. The van der Waals surface area contributed by atoms with Crippen molar-refractivity contribution in [3.63, 3.8) is 0 Å². The van der Waals surface area contributed by atoms with Gasteiger partial charge >= 0.3 is 5.97 Å². The number of piperazine rings is 1. The van der Waals surface area contributed by atoms with E-state index in [0.717, 1.165) is 25.7 Å². The van der Waals surface area contributed by atoms with Crippen LogP contribution in [0, 0.1) is 0 Å². The van der Waals surface area contributed by atoms with Crippen LogP contribution >= 0.6 is 0 Å². The molecular weight excluding hydrogens is 196 g/mol. The van der Waals surface area contributed by atoms with Gasteiger partial charge in [0.25, 0.3) is 0 Å². The van der Waals surface area contributed by atoms with E-state index in [9.17, 15) is 9.59 Å². The third kappa shape index (κ3) is 2.28. The summed E-state index contributed by atoms with van der Waals surface area (Å²) >= 11 is 0. The van der Waals surface area contributed by atoms with Gasteiger partial charge in [-0.2, -0.15) is 0 Å². The maximum absolute atomic E-state index is 11.4. The van der Waals surface area contributed by atoms with Crippen molar-refractivity contribution in [2.45, 2.75) is 37.8 Å². The number of rotatable bonds is 2. The van der Waals surface area contributed by atoms with Gasteiger partial charge in [-0.1, -0.05) is 12.8 Å². The summed E-state index contributed by atoms with van der Waals surface area (Å²) in [6, 6.07) is 0.395. The van der Waals surface area contributed by atoms with Crippen molar-refractivity contribution in [2.75, 3.05) is 13.1 Å². The summed E-state index contributed by atoms with van der Waals surface area (Å²) in [4.78, 5) is 23.8. The molecule has 1 amide bonds. The summed E-state index contributed by atoms with van der Waals surface area (Å²) in [5.74, 6) is -0.895. The molecule has 5 heteroatoms. The Labute approximate surface area is 88.4 Å². The van der Waals surface area contributed by atoms with Crippen LogP contribution in [0.1, 0.15) is 25.7 Å². The molecule has 0 aromatic carbocycles. The first kappa shape index (κ1) is 10.4. The second-order valence-corrected chi connectivity index (χ2v) is 4.32. The number of carbonyl (C=O) groups is 2. The summed E-state index contributed by atoms with van der Waals surface area (Å²) in [6.45, 7) is 0.210. The van der Waals surface area contributed by atoms with E-state index in [-0.39, 0.29) is 31.1 Å². The first-order valence-electron chi connectivity index (χ1n) is 5.42. The SMILES string of the molecule is O=C(O)CN1CC(=O)N[C@@H]2CCCC[C@H]21. The molecule has 2 aliphatic rings. The van der Waals surface area contributed by atoms with Crippen molar-refractivity contribution in [2.24, 2.45) is 0 Å². The van der Waals surface area contributed by atoms with E-state index in [1.54, 1.807) is 4.90 Å². The Morgan fingerprint density at radius 3 is 2.93 bits per heavy atom. The minimum atomic E-state index is -0.853. The summed E-state index contributed by atoms with van der Waals surface area (Å²) in [6.07, 6.45) is 4.24. The molecule has 1 saturated heterocycles. The second-order valence-electron chi connectivity index (χ2n) is 4.32. The molecule has 2 rings (SSSR count). The van der Waals surface area contributed by atoms with Crippen LogP contribution in [0.3, 0.4) is 0 Å². The van der Waals surface area contributed by atoms with Gasteiger partial charge in [-0.05, 0) is 12.8 Å². The van der Waals surface area contributed by atoms with Gasteiger partial charge in [-0.25, -0.2) is 0 Å². The molecular formula is C10H16N2O3. The quantitative estimate of drug-likeness (QED) is 0.666. The van der Waals surface area contributed by atoms with Crippen molar-refractivity contribution in [1.29, 1.82) is 0 Å². The zero-order chi connectivity index (χ0) is 10.8. The van der Waals surface area contributed by atoms with E-state index < -0.39 is 5.97 Å². The maximum Gasteiger partial charge on any atom is 0.317 e. The molecule has 84 valence electrons. The first-order chi connectivity index (χ1) is 7.16. The molecule has 0 bridgehead atoms. The molecule has 0 unspecified atom stereocenters. The highest BCUT2D eigenvalue weighted by molar-refractivity contribution is 5.80. The van der Waals surface area contributed by atoms with Crippen LogP contribution in [0.5, 0.6) is 0 Å². The molecule has 1 saturated carbocycles. The topological polar surface area (TPSA) is 69.6 Å². The lowest BCUT2D eigenvalue weighted by atomic mass is 9.87. The number of hydrogen-bond donors (Lipinski definition) is 2. The molecule has 1 heterocycles. The van der Waals surface area contributed by atoms with Crippen molar-refractivity contribution >= 4 is 11.9 Å². The van der Waals surface area contributed by atoms with Crippen molar-refractivity contribution in [3.8, 4) is 0 Å². The highest BCUT2D eigenvalue weighted by Crippen LogP contribution is 2.25. The third-order valence-corrected chi connectivity index (χ3v) is 3.23. The number of hydrogen-bond acceptors (Lipinski definition) is 3. The molecule has 2 N–H and O–H groups in total. The summed E-state index contributed by atoms with van der Waals surface area (Å²) in [5, 5.41) is 11.7. The van der Waals surface area contributed by atoms with Crippen molar-refractivity contribution in [1.82, 2.24) is 10.2 Å². The average molecular weight is 212 g/mol. The molecule has 0 aromatic heterocycles. The number of aliphatic carboxylic acids is 1. The minimum absolute atomic E-state index is 0.0193. The largest absolute Gasteiger partial charge is 0.480 e. The fourth-order valence-corrected chi connectivity index (χ4v) is 2.62. The molecule has 0 spiro atoms. The number of fused-ring (bicyclic) bond motifs is 1. The van der Waals surface area contributed by atoms with E-state index in [1.807, 2.05) is 0 Å². The molecule has 5 nitrogen and oxygen atoms in total. The molecule has 15 heavy (non-hydrogen) atoms. The van der Waals surface area contributed by atoms with Gasteiger partial charge in [-0.3, -0.25) is 14.5 Å². The Morgan fingerprint density at radius 2 is 2.20 bits per heavy atom. The highest BCUT2D eigenvalue weighted by atomic mass is 16.4. The van der Waals surface area contributed by atoms with Gasteiger partial charge in [0.15, 0.2) is 0 Å². The number of carboxylic acids is 1. The lowest BCUT2D eigenvalue weighted by Gasteiger charge is -2.43. The Kier molecular flexibility index (Phi) is 2.90. The number of nitrogens with zero attached hydrogens (tertiary/aromatic N) is 1.